The molecule has 1 atom stereocenters. The van der Waals surface area contributed by atoms with Crippen molar-refractivity contribution in [1.82, 2.24) is 5.32 Å². The molecule has 0 saturated heterocycles. The first kappa shape index (κ1) is 13.9. The number of halogens is 2. The summed E-state index contributed by atoms with van der Waals surface area (Å²) in [4.78, 5) is 10.5. The third kappa shape index (κ3) is 4.34. The van der Waals surface area contributed by atoms with Gasteiger partial charge in [-0.1, -0.05) is 55.1 Å². The molecule has 1 rings (SSSR count). The van der Waals surface area contributed by atoms with Crippen LogP contribution in [0, 0.1) is 5.92 Å². The van der Waals surface area contributed by atoms with Crippen LogP contribution in [0.3, 0.4) is 0 Å². The van der Waals surface area contributed by atoms with Gasteiger partial charge in [0, 0.05) is 0 Å². The van der Waals surface area contributed by atoms with E-state index in [9.17, 15) is 4.79 Å². The van der Waals surface area contributed by atoms with Crippen LogP contribution in [0.15, 0.2) is 11.6 Å². The minimum absolute atomic E-state index is 0.128. The fourth-order valence-electron chi connectivity index (χ4n) is 2.06. The number of alkyl halides is 2. The average molecular weight is 264 g/mol. The lowest BCUT2D eigenvalue weighted by atomic mass is 9.88. The van der Waals surface area contributed by atoms with Crippen molar-refractivity contribution in [3.8, 4) is 0 Å². The molecule has 0 aliphatic heterocycles. The minimum Gasteiger partial charge on any atom is -0.347 e. The van der Waals surface area contributed by atoms with Gasteiger partial charge in [0.15, 0.2) is 4.84 Å². The Hall–Kier alpha value is -0.210. The van der Waals surface area contributed by atoms with E-state index in [0.29, 0.717) is 5.92 Å². The molecule has 4 heteroatoms. The summed E-state index contributed by atoms with van der Waals surface area (Å²) >= 11 is 11.1. The zero-order valence-corrected chi connectivity index (χ0v) is 11.3. The smallest absolute Gasteiger partial charge is 0.253 e. The van der Waals surface area contributed by atoms with Crippen molar-refractivity contribution in [2.45, 2.75) is 50.4 Å². The molecular weight excluding hydrogens is 245 g/mol. The highest BCUT2D eigenvalue weighted by Gasteiger charge is 2.22. The van der Waals surface area contributed by atoms with Gasteiger partial charge in [-0.3, -0.25) is 4.79 Å². The lowest BCUT2D eigenvalue weighted by Crippen LogP contribution is -2.40. The Kier molecular flexibility index (Phi) is 5.63. The fraction of sp³-hybridized carbons (Fsp3) is 0.750. The van der Waals surface area contributed by atoms with E-state index in [-0.39, 0.29) is 11.9 Å². The molecule has 1 unspecified atom stereocenters. The predicted molar refractivity (Wildman–Crippen MR) is 68.8 cm³/mol. The van der Waals surface area contributed by atoms with Crippen LogP contribution in [0.5, 0.6) is 0 Å². The Morgan fingerprint density at radius 1 is 1.44 bits per heavy atom. The molecule has 0 aromatic rings. The normalized spacial score (nSPS) is 24.1. The van der Waals surface area contributed by atoms with Crippen LogP contribution < -0.4 is 5.32 Å². The van der Waals surface area contributed by atoms with Gasteiger partial charge >= 0.3 is 0 Å². The summed E-state index contributed by atoms with van der Waals surface area (Å²) < 4.78 is 0. The fourth-order valence-corrected chi connectivity index (χ4v) is 2.19. The lowest BCUT2D eigenvalue weighted by molar-refractivity contribution is -0.120. The number of carbonyl (C=O) groups excluding carboxylic acids is 1. The summed E-state index contributed by atoms with van der Waals surface area (Å²) in [6.07, 6.45) is 6.65. The van der Waals surface area contributed by atoms with Crippen molar-refractivity contribution in [2.75, 3.05) is 0 Å². The van der Waals surface area contributed by atoms with E-state index in [1.54, 1.807) is 0 Å². The number of allylic oxidation sites excluding steroid dienone is 1. The second-order valence-corrected chi connectivity index (χ2v) is 5.69. The van der Waals surface area contributed by atoms with Crippen molar-refractivity contribution in [2.24, 2.45) is 5.92 Å². The molecule has 2 nitrogen and oxygen atoms in total. The summed E-state index contributed by atoms with van der Waals surface area (Å²) in [5.74, 6) is 0.222. The molecule has 0 spiro atoms. The summed E-state index contributed by atoms with van der Waals surface area (Å²) in [5, 5.41) is 2.90. The van der Waals surface area contributed by atoms with Gasteiger partial charge in [0.05, 0.1) is 6.04 Å². The molecule has 0 aromatic heterocycles. The van der Waals surface area contributed by atoms with Gasteiger partial charge in [-0.15, -0.1) is 0 Å². The minimum atomic E-state index is -0.970. The van der Waals surface area contributed by atoms with Crippen LogP contribution in [0.2, 0.25) is 0 Å². The van der Waals surface area contributed by atoms with Gasteiger partial charge in [0.25, 0.3) is 5.91 Å². The highest BCUT2D eigenvalue weighted by molar-refractivity contribution is 6.53. The number of carbonyl (C=O) groups is 1. The molecule has 1 amide bonds. The average Bonchev–Trinajstić information content (AvgIpc) is 2.20. The molecule has 1 fully saturated rings. The van der Waals surface area contributed by atoms with E-state index in [2.05, 4.69) is 25.2 Å². The molecule has 1 N–H and O–H groups in total. The van der Waals surface area contributed by atoms with Crippen molar-refractivity contribution in [3.63, 3.8) is 0 Å². The van der Waals surface area contributed by atoms with Crippen LogP contribution in [-0.2, 0) is 4.79 Å². The summed E-state index contributed by atoms with van der Waals surface area (Å²) in [5.41, 5.74) is 1.32. The van der Waals surface area contributed by atoms with E-state index in [1.165, 1.54) is 12.0 Å². The topological polar surface area (TPSA) is 29.1 Å². The molecule has 1 aliphatic carbocycles. The van der Waals surface area contributed by atoms with E-state index >= 15 is 0 Å². The predicted octanol–water partition coefficient (Wildman–Crippen LogP) is 3.43. The Bertz CT molecular complexity index is 274. The van der Waals surface area contributed by atoms with Gasteiger partial charge in [0.1, 0.15) is 0 Å². The largest absolute Gasteiger partial charge is 0.347 e. The Morgan fingerprint density at radius 2 is 2.12 bits per heavy atom. The molecule has 1 saturated carbocycles. The first-order valence-corrected chi connectivity index (χ1v) is 6.67. The monoisotopic (exact) mass is 263 g/mol. The van der Waals surface area contributed by atoms with Gasteiger partial charge in [-0.25, -0.2) is 0 Å². The second-order valence-electron chi connectivity index (χ2n) is 4.59. The number of hydrogen-bond acceptors (Lipinski definition) is 1. The molecule has 0 aromatic carbocycles. The SMILES string of the molecule is CC(C)C=C1CCCCC1NC(=O)C(Cl)Cl. The van der Waals surface area contributed by atoms with Gasteiger partial charge in [0.2, 0.25) is 0 Å². The zero-order valence-electron chi connectivity index (χ0n) is 9.80. The standard InChI is InChI=1S/C12H19Cl2NO/c1-8(2)7-9-5-3-4-6-10(9)15-12(16)11(13)14/h7-8,10-11H,3-6H2,1-2H3,(H,15,16). The maximum absolute atomic E-state index is 11.4. The van der Waals surface area contributed by atoms with Gasteiger partial charge in [-0.05, 0) is 25.2 Å². The highest BCUT2D eigenvalue weighted by atomic mass is 35.5. The van der Waals surface area contributed by atoms with Crippen LogP contribution in [0.25, 0.3) is 0 Å². The third-order valence-corrected chi connectivity index (χ3v) is 3.11. The van der Waals surface area contributed by atoms with Gasteiger partial charge in [-0.2, -0.15) is 0 Å². The van der Waals surface area contributed by atoms with Crippen molar-refractivity contribution in [1.29, 1.82) is 0 Å². The number of amides is 1. The Labute approximate surface area is 107 Å². The Morgan fingerprint density at radius 3 is 2.69 bits per heavy atom. The molecule has 92 valence electrons. The molecule has 0 radical (unpaired) electrons. The zero-order chi connectivity index (χ0) is 12.1. The van der Waals surface area contributed by atoms with E-state index < -0.39 is 4.84 Å². The van der Waals surface area contributed by atoms with Gasteiger partial charge < -0.3 is 5.32 Å². The number of hydrogen-bond donors (Lipinski definition) is 1. The van der Waals surface area contributed by atoms with E-state index in [1.807, 2.05) is 0 Å². The van der Waals surface area contributed by atoms with Crippen molar-refractivity contribution in [3.05, 3.63) is 11.6 Å². The molecule has 16 heavy (non-hydrogen) atoms. The number of rotatable bonds is 3. The second kappa shape index (κ2) is 6.51. The summed E-state index contributed by atoms with van der Waals surface area (Å²) in [6.45, 7) is 4.29. The quantitative estimate of drug-likeness (QED) is 0.614. The van der Waals surface area contributed by atoms with Crippen molar-refractivity contribution < 1.29 is 4.79 Å². The van der Waals surface area contributed by atoms with E-state index in [4.69, 9.17) is 23.2 Å². The lowest BCUT2D eigenvalue weighted by Gasteiger charge is -2.27. The first-order chi connectivity index (χ1) is 7.50. The van der Waals surface area contributed by atoms with E-state index in [0.717, 1.165) is 19.3 Å². The van der Waals surface area contributed by atoms with Crippen LogP contribution >= 0.6 is 23.2 Å². The molecule has 1 aliphatic rings. The maximum Gasteiger partial charge on any atom is 0.253 e. The van der Waals surface area contributed by atoms with Crippen LogP contribution in [0.1, 0.15) is 39.5 Å². The summed E-state index contributed by atoms with van der Waals surface area (Å²) in [6, 6.07) is 0.128. The molecule has 0 bridgehead atoms. The highest BCUT2D eigenvalue weighted by Crippen LogP contribution is 2.25. The Balaban J connectivity index is 2.64. The summed E-state index contributed by atoms with van der Waals surface area (Å²) in [7, 11) is 0. The maximum atomic E-state index is 11.4. The first-order valence-electron chi connectivity index (χ1n) is 5.80. The molecule has 0 heterocycles. The third-order valence-electron chi connectivity index (χ3n) is 2.72. The van der Waals surface area contributed by atoms with Crippen LogP contribution in [-0.4, -0.2) is 16.8 Å². The van der Waals surface area contributed by atoms with Crippen molar-refractivity contribution >= 4 is 29.1 Å². The van der Waals surface area contributed by atoms with Crippen LogP contribution in [0.4, 0.5) is 0 Å². The molecular formula is C12H19Cl2NO. The number of nitrogens with one attached hydrogen (secondary N) is 1.